The Hall–Kier alpha value is -2.66. The quantitative estimate of drug-likeness (QED) is 0.659. The summed E-state index contributed by atoms with van der Waals surface area (Å²) >= 11 is 0. The third kappa shape index (κ3) is 4.67. The van der Waals surface area contributed by atoms with E-state index in [9.17, 15) is 9.59 Å². The van der Waals surface area contributed by atoms with Gasteiger partial charge in [-0.25, -0.2) is 5.48 Å². The third-order valence-electron chi connectivity index (χ3n) is 4.08. The molecule has 2 N–H and O–H groups in total. The molecule has 0 saturated carbocycles. The molecule has 5 nitrogen and oxygen atoms in total. The Labute approximate surface area is 148 Å². The van der Waals surface area contributed by atoms with E-state index >= 15 is 0 Å². The van der Waals surface area contributed by atoms with Crippen LogP contribution in [0.25, 0.3) is 0 Å². The van der Waals surface area contributed by atoms with Gasteiger partial charge in [-0.05, 0) is 40.8 Å². The Balaban J connectivity index is 2.21. The van der Waals surface area contributed by atoms with Crippen LogP contribution in [0.15, 0.2) is 48.5 Å². The van der Waals surface area contributed by atoms with E-state index in [1.807, 2.05) is 12.1 Å². The number of carbonyl (C=O) groups is 2. The molecule has 0 radical (unpaired) electrons. The lowest BCUT2D eigenvalue weighted by Gasteiger charge is -2.23. The lowest BCUT2D eigenvalue weighted by atomic mass is 9.87. The van der Waals surface area contributed by atoms with Crippen molar-refractivity contribution < 1.29 is 14.8 Å². The minimum Gasteiger partial charge on any atom is -0.308 e. The fraction of sp³-hybridized carbons (Fsp3) is 0.300. The van der Waals surface area contributed by atoms with Crippen LogP contribution in [-0.2, 0) is 16.8 Å². The van der Waals surface area contributed by atoms with Crippen molar-refractivity contribution in [3.05, 3.63) is 65.2 Å². The van der Waals surface area contributed by atoms with Gasteiger partial charge in [-0.3, -0.25) is 14.8 Å². The van der Waals surface area contributed by atoms with Gasteiger partial charge in [0.25, 0.3) is 5.91 Å². The second-order valence-electron chi connectivity index (χ2n) is 7.04. The molecule has 0 aliphatic heterocycles. The first-order valence-electron chi connectivity index (χ1n) is 8.14. The number of hydroxylamine groups is 1. The summed E-state index contributed by atoms with van der Waals surface area (Å²) in [6.45, 7) is 8.44. The zero-order valence-corrected chi connectivity index (χ0v) is 15.0. The van der Waals surface area contributed by atoms with Crippen LogP contribution in [-0.4, -0.2) is 17.0 Å². The van der Waals surface area contributed by atoms with Crippen molar-refractivity contribution in [3.8, 4) is 0 Å². The molecule has 132 valence electrons. The van der Waals surface area contributed by atoms with E-state index in [1.165, 1.54) is 12.5 Å². The third-order valence-corrected chi connectivity index (χ3v) is 4.08. The molecule has 0 aliphatic carbocycles. The maximum Gasteiger partial charge on any atom is 0.274 e. The predicted octanol–water partition coefficient (Wildman–Crippen LogP) is 3.66. The lowest BCUT2D eigenvalue weighted by Crippen LogP contribution is -2.28. The number of anilines is 1. The Kier molecular flexibility index (Phi) is 5.59. The monoisotopic (exact) mass is 340 g/mol. The van der Waals surface area contributed by atoms with Crippen LogP contribution in [0.2, 0.25) is 0 Å². The Morgan fingerprint density at radius 3 is 2.00 bits per heavy atom. The molecule has 0 aromatic heterocycles. The molecule has 0 fully saturated rings. The van der Waals surface area contributed by atoms with Crippen LogP contribution in [0.1, 0.15) is 49.2 Å². The average Bonchev–Trinajstić information content (AvgIpc) is 2.58. The highest BCUT2D eigenvalue weighted by molar-refractivity contribution is 5.95. The van der Waals surface area contributed by atoms with Crippen LogP contribution in [0.5, 0.6) is 0 Å². The van der Waals surface area contributed by atoms with Crippen LogP contribution in [0, 0.1) is 0 Å². The topological polar surface area (TPSA) is 69.6 Å². The van der Waals surface area contributed by atoms with Crippen LogP contribution in [0.3, 0.4) is 0 Å². The molecule has 0 bridgehead atoms. The predicted molar refractivity (Wildman–Crippen MR) is 97.7 cm³/mol. The first-order valence-corrected chi connectivity index (χ1v) is 8.14. The van der Waals surface area contributed by atoms with Gasteiger partial charge >= 0.3 is 0 Å². The number of benzene rings is 2. The lowest BCUT2D eigenvalue weighted by molar-refractivity contribution is -0.116. The number of hydrogen-bond donors (Lipinski definition) is 2. The molecule has 2 rings (SSSR count). The molecular formula is C20H24N2O3. The molecule has 0 atom stereocenters. The van der Waals surface area contributed by atoms with Gasteiger partial charge in [0.1, 0.15) is 0 Å². The van der Waals surface area contributed by atoms with E-state index in [0.29, 0.717) is 17.8 Å². The van der Waals surface area contributed by atoms with E-state index in [0.717, 1.165) is 5.56 Å². The minimum atomic E-state index is -0.585. The van der Waals surface area contributed by atoms with Crippen molar-refractivity contribution in [3.63, 3.8) is 0 Å². The van der Waals surface area contributed by atoms with Gasteiger partial charge in [0.05, 0.1) is 6.54 Å². The summed E-state index contributed by atoms with van der Waals surface area (Å²) in [4.78, 5) is 25.1. The first kappa shape index (κ1) is 18.7. The Bertz CT molecular complexity index is 744. The molecule has 2 aromatic carbocycles. The van der Waals surface area contributed by atoms with Crippen molar-refractivity contribution in [2.45, 2.75) is 39.7 Å². The molecular weight excluding hydrogens is 316 g/mol. The van der Waals surface area contributed by atoms with E-state index in [-0.39, 0.29) is 11.3 Å². The Morgan fingerprint density at radius 1 is 1.00 bits per heavy atom. The van der Waals surface area contributed by atoms with Gasteiger partial charge in [-0.1, -0.05) is 45.0 Å². The molecule has 0 unspecified atom stereocenters. The van der Waals surface area contributed by atoms with Crippen LogP contribution >= 0.6 is 0 Å². The van der Waals surface area contributed by atoms with E-state index in [2.05, 4.69) is 32.9 Å². The summed E-state index contributed by atoms with van der Waals surface area (Å²) in [5.41, 5.74) is 4.96. The number of amides is 2. The minimum absolute atomic E-state index is 0.0840. The second-order valence-corrected chi connectivity index (χ2v) is 7.04. The van der Waals surface area contributed by atoms with Crippen molar-refractivity contribution >= 4 is 17.5 Å². The Morgan fingerprint density at radius 2 is 1.56 bits per heavy atom. The maximum atomic E-state index is 12.1. The molecule has 2 amide bonds. The smallest absolute Gasteiger partial charge is 0.274 e. The van der Waals surface area contributed by atoms with Gasteiger partial charge < -0.3 is 4.90 Å². The van der Waals surface area contributed by atoms with Crippen molar-refractivity contribution in [1.82, 2.24) is 5.48 Å². The van der Waals surface area contributed by atoms with Gasteiger partial charge in [0.15, 0.2) is 0 Å². The number of carbonyl (C=O) groups excluding carboxylic acids is 2. The zero-order chi connectivity index (χ0) is 18.6. The molecule has 25 heavy (non-hydrogen) atoms. The second kappa shape index (κ2) is 7.49. The highest BCUT2D eigenvalue weighted by atomic mass is 16.5. The standard InChI is InChI=1S/C20H24N2O3/c1-14(23)22(18-11-7-16(8-12-18)19(24)21-25)13-15-5-9-17(10-6-15)20(2,3)4/h5-12,25H,13H2,1-4H3,(H,21,24). The summed E-state index contributed by atoms with van der Waals surface area (Å²) < 4.78 is 0. The number of nitrogens with one attached hydrogen (secondary N) is 1. The van der Waals surface area contributed by atoms with Crippen molar-refractivity contribution in [1.29, 1.82) is 0 Å². The summed E-state index contributed by atoms with van der Waals surface area (Å²) in [7, 11) is 0. The maximum absolute atomic E-state index is 12.1. The molecule has 2 aromatic rings. The summed E-state index contributed by atoms with van der Waals surface area (Å²) in [6, 6.07) is 14.8. The van der Waals surface area contributed by atoms with Gasteiger partial charge in [0, 0.05) is 18.2 Å². The van der Waals surface area contributed by atoms with E-state index < -0.39 is 5.91 Å². The van der Waals surface area contributed by atoms with Gasteiger partial charge in [0.2, 0.25) is 5.91 Å². The number of nitrogens with zero attached hydrogens (tertiary/aromatic N) is 1. The highest BCUT2D eigenvalue weighted by Gasteiger charge is 2.16. The normalized spacial score (nSPS) is 11.1. The molecule has 0 saturated heterocycles. The number of rotatable bonds is 4. The summed E-state index contributed by atoms with van der Waals surface area (Å²) in [5, 5.41) is 8.67. The molecule has 0 spiro atoms. The highest BCUT2D eigenvalue weighted by Crippen LogP contribution is 2.24. The van der Waals surface area contributed by atoms with E-state index in [4.69, 9.17) is 5.21 Å². The van der Waals surface area contributed by atoms with E-state index in [1.54, 1.807) is 34.6 Å². The zero-order valence-electron chi connectivity index (χ0n) is 15.0. The van der Waals surface area contributed by atoms with Crippen LogP contribution in [0.4, 0.5) is 5.69 Å². The number of hydrogen-bond acceptors (Lipinski definition) is 3. The van der Waals surface area contributed by atoms with Gasteiger partial charge in [-0.15, -0.1) is 0 Å². The van der Waals surface area contributed by atoms with Crippen molar-refractivity contribution in [2.24, 2.45) is 0 Å². The SMILES string of the molecule is CC(=O)N(Cc1ccc(C(C)(C)C)cc1)c1ccc(C(=O)NO)cc1. The summed E-state index contributed by atoms with van der Waals surface area (Å²) in [5.74, 6) is -0.669. The fourth-order valence-corrected chi connectivity index (χ4v) is 2.53. The average molecular weight is 340 g/mol. The largest absolute Gasteiger partial charge is 0.308 e. The first-order chi connectivity index (χ1) is 11.7. The summed E-state index contributed by atoms with van der Waals surface area (Å²) in [6.07, 6.45) is 0. The molecule has 5 heteroatoms. The van der Waals surface area contributed by atoms with Gasteiger partial charge in [-0.2, -0.15) is 0 Å². The van der Waals surface area contributed by atoms with Crippen molar-refractivity contribution in [2.75, 3.05) is 4.90 Å². The van der Waals surface area contributed by atoms with Crippen LogP contribution < -0.4 is 10.4 Å². The molecule has 0 heterocycles. The fourth-order valence-electron chi connectivity index (χ4n) is 2.53. The molecule has 0 aliphatic rings.